The molecule has 4 rings (SSSR count). The molecule has 0 unspecified atom stereocenters. The summed E-state index contributed by atoms with van der Waals surface area (Å²) in [4.78, 5) is 16.7. The maximum atomic E-state index is 10.8. The third-order valence-corrected chi connectivity index (χ3v) is 4.99. The van der Waals surface area contributed by atoms with Crippen LogP contribution in [0.4, 0.5) is 11.4 Å². The average molecular weight is 379 g/mol. The number of anilines is 1. The number of nitro groups is 1. The summed E-state index contributed by atoms with van der Waals surface area (Å²) in [5.74, 6) is 0. The highest BCUT2D eigenvalue weighted by atomic mass is 32.1. The van der Waals surface area contributed by atoms with Crippen LogP contribution in [-0.4, -0.2) is 31.0 Å². The highest BCUT2D eigenvalue weighted by Crippen LogP contribution is 2.32. The number of benzene rings is 1. The Bertz CT molecular complexity index is 971. The molecule has 2 aromatic heterocycles. The minimum atomic E-state index is -0.416. The van der Waals surface area contributed by atoms with E-state index in [1.54, 1.807) is 24.5 Å². The molecule has 0 spiro atoms. The molecule has 0 amide bonds. The smallest absolute Gasteiger partial charge is 0.269 e. The molecule has 1 aliphatic heterocycles. The lowest BCUT2D eigenvalue weighted by Gasteiger charge is -2.39. The SMILES string of the molecule is O=[N+]([O-])c1ccc(NC(=S)N2CCn3cccc3[C@@H]2c2ccncc2)cc1. The van der Waals surface area contributed by atoms with E-state index in [0.29, 0.717) is 5.11 Å². The number of nitrogens with zero attached hydrogens (tertiary/aromatic N) is 4. The molecule has 0 fully saturated rings. The van der Waals surface area contributed by atoms with Crippen molar-refractivity contribution in [1.29, 1.82) is 0 Å². The lowest BCUT2D eigenvalue weighted by molar-refractivity contribution is -0.384. The van der Waals surface area contributed by atoms with E-state index in [9.17, 15) is 10.1 Å². The molecule has 0 bridgehead atoms. The summed E-state index contributed by atoms with van der Waals surface area (Å²) in [6.07, 6.45) is 5.64. The Labute approximate surface area is 161 Å². The van der Waals surface area contributed by atoms with Crippen LogP contribution in [-0.2, 0) is 6.54 Å². The van der Waals surface area contributed by atoms with Gasteiger partial charge in [-0.25, -0.2) is 0 Å². The van der Waals surface area contributed by atoms with Crippen LogP contribution in [0.1, 0.15) is 17.3 Å². The Kier molecular flexibility index (Phi) is 4.55. The first-order valence-electron chi connectivity index (χ1n) is 8.50. The number of aromatic nitrogens is 2. The predicted molar refractivity (Wildman–Crippen MR) is 107 cm³/mol. The molecule has 8 heteroatoms. The minimum absolute atomic E-state index is 0.0187. The molecule has 0 aliphatic carbocycles. The third kappa shape index (κ3) is 3.39. The average Bonchev–Trinajstić information content (AvgIpc) is 3.17. The number of hydrogen-bond donors (Lipinski definition) is 1. The highest BCUT2D eigenvalue weighted by Gasteiger charge is 2.30. The van der Waals surface area contributed by atoms with E-state index < -0.39 is 4.92 Å². The maximum absolute atomic E-state index is 10.8. The number of pyridine rings is 1. The van der Waals surface area contributed by atoms with Crippen LogP contribution in [0.15, 0.2) is 67.1 Å². The lowest BCUT2D eigenvalue weighted by Crippen LogP contribution is -2.44. The largest absolute Gasteiger partial charge is 0.348 e. The van der Waals surface area contributed by atoms with Gasteiger partial charge in [-0.15, -0.1) is 0 Å². The molecular formula is C19H17N5O2S. The van der Waals surface area contributed by atoms with E-state index >= 15 is 0 Å². The van der Waals surface area contributed by atoms with Gasteiger partial charge in [0.25, 0.3) is 5.69 Å². The number of nitro benzene ring substituents is 1. The summed E-state index contributed by atoms with van der Waals surface area (Å²) in [5.41, 5.74) is 3.05. The fourth-order valence-electron chi connectivity index (χ4n) is 3.36. The topological polar surface area (TPSA) is 76.2 Å². The van der Waals surface area contributed by atoms with Gasteiger partial charge in [0.2, 0.25) is 0 Å². The van der Waals surface area contributed by atoms with Crippen LogP contribution in [0.2, 0.25) is 0 Å². The van der Waals surface area contributed by atoms with E-state index in [1.807, 2.05) is 18.2 Å². The number of non-ortho nitro benzene ring substituents is 1. The van der Waals surface area contributed by atoms with Gasteiger partial charge >= 0.3 is 0 Å². The maximum Gasteiger partial charge on any atom is 0.269 e. The van der Waals surface area contributed by atoms with Gasteiger partial charge in [-0.3, -0.25) is 15.1 Å². The standard InChI is InChI=1S/C19H17N5O2S/c25-24(26)16-5-3-15(4-6-16)21-19(27)23-13-12-22-11-1-2-17(22)18(23)14-7-9-20-10-8-14/h1-11,18H,12-13H2,(H,21,27)/t18-/m0/s1. The number of hydrogen-bond acceptors (Lipinski definition) is 4. The third-order valence-electron chi connectivity index (χ3n) is 4.65. The van der Waals surface area contributed by atoms with Gasteiger partial charge in [0, 0.05) is 55.2 Å². The second-order valence-electron chi connectivity index (χ2n) is 6.24. The van der Waals surface area contributed by atoms with Crippen molar-refractivity contribution in [3.8, 4) is 0 Å². The van der Waals surface area contributed by atoms with Crippen molar-refractivity contribution in [3.05, 3.63) is 88.5 Å². The zero-order chi connectivity index (χ0) is 18.8. The fourth-order valence-corrected chi connectivity index (χ4v) is 3.67. The van der Waals surface area contributed by atoms with Crippen LogP contribution in [0.3, 0.4) is 0 Å². The molecule has 1 aliphatic rings. The van der Waals surface area contributed by atoms with Gasteiger partial charge in [0.1, 0.15) is 0 Å². The quantitative estimate of drug-likeness (QED) is 0.426. The summed E-state index contributed by atoms with van der Waals surface area (Å²) in [6.45, 7) is 1.60. The van der Waals surface area contributed by atoms with E-state index in [-0.39, 0.29) is 11.7 Å². The van der Waals surface area contributed by atoms with Crippen molar-refractivity contribution >= 4 is 28.7 Å². The van der Waals surface area contributed by atoms with E-state index in [0.717, 1.165) is 24.3 Å². The molecule has 1 N–H and O–H groups in total. The van der Waals surface area contributed by atoms with Gasteiger partial charge in [-0.1, -0.05) is 0 Å². The number of rotatable bonds is 3. The van der Waals surface area contributed by atoms with Crippen molar-refractivity contribution in [2.75, 3.05) is 11.9 Å². The van der Waals surface area contributed by atoms with E-state index in [2.05, 4.69) is 32.0 Å². The molecule has 3 heterocycles. The molecule has 27 heavy (non-hydrogen) atoms. The van der Waals surface area contributed by atoms with Gasteiger partial charge in [0.15, 0.2) is 5.11 Å². The first kappa shape index (κ1) is 17.2. The van der Waals surface area contributed by atoms with Gasteiger partial charge in [-0.05, 0) is 54.2 Å². The van der Waals surface area contributed by atoms with Crippen molar-refractivity contribution < 1.29 is 4.92 Å². The first-order valence-corrected chi connectivity index (χ1v) is 8.91. The lowest BCUT2D eigenvalue weighted by atomic mass is 10.0. The van der Waals surface area contributed by atoms with Gasteiger partial charge < -0.3 is 14.8 Å². The molecule has 0 radical (unpaired) electrons. The number of fused-ring (bicyclic) bond motifs is 1. The van der Waals surface area contributed by atoms with Crippen LogP contribution in [0, 0.1) is 10.1 Å². The Balaban J connectivity index is 1.61. The second kappa shape index (κ2) is 7.16. The number of thiocarbonyl (C=S) groups is 1. The molecule has 1 aromatic carbocycles. The minimum Gasteiger partial charge on any atom is -0.348 e. The second-order valence-corrected chi connectivity index (χ2v) is 6.62. The van der Waals surface area contributed by atoms with Crippen molar-refractivity contribution in [2.24, 2.45) is 0 Å². The summed E-state index contributed by atoms with van der Waals surface area (Å²) < 4.78 is 2.23. The molecule has 1 atom stereocenters. The van der Waals surface area contributed by atoms with Crippen LogP contribution in [0.25, 0.3) is 0 Å². The Morgan fingerprint density at radius 3 is 2.59 bits per heavy atom. The molecule has 7 nitrogen and oxygen atoms in total. The van der Waals surface area contributed by atoms with Crippen LogP contribution >= 0.6 is 12.2 Å². The van der Waals surface area contributed by atoms with Gasteiger partial charge in [0.05, 0.1) is 11.0 Å². The normalized spacial score (nSPS) is 15.9. The van der Waals surface area contributed by atoms with Crippen LogP contribution < -0.4 is 5.32 Å². The summed E-state index contributed by atoms with van der Waals surface area (Å²) in [5, 5.41) is 14.6. The van der Waals surface area contributed by atoms with Crippen LogP contribution in [0.5, 0.6) is 0 Å². The van der Waals surface area contributed by atoms with Crippen molar-refractivity contribution in [1.82, 2.24) is 14.5 Å². The molecule has 3 aromatic rings. The zero-order valence-electron chi connectivity index (χ0n) is 14.4. The molecule has 136 valence electrons. The van der Waals surface area contributed by atoms with E-state index in [4.69, 9.17) is 12.2 Å². The Hall–Kier alpha value is -3.26. The summed E-state index contributed by atoms with van der Waals surface area (Å²) in [7, 11) is 0. The fraction of sp³-hybridized carbons (Fsp3) is 0.158. The Morgan fingerprint density at radius 2 is 1.89 bits per heavy atom. The summed E-state index contributed by atoms with van der Waals surface area (Å²) >= 11 is 5.68. The first-order chi connectivity index (χ1) is 13.1. The number of nitrogens with one attached hydrogen (secondary N) is 1. The predicted octanol–water partition coefficient (Wildman–Crippen LogP) is 3.59. The molecule has 0 saturated heterocycles. The highest BCUT2D eigenvalue weighted by molar-refractivity contribution is 7.80. The van der Waals surface area contributed by atoms with E-state index in [1.165, 1.54) is 17.8 Å². The Morgan fingerprint density at radius 1 is 1.15 bits per heavy atom. The monoisotopic (exact) mass is 379 g/mol. The summed E-state index contributed by atoms with van der Waals surface area (Å²) in [6, 6.07) is 14.4. The van der Waals surface area contributed by atoms with Crippen molar-refractivity contribution in [2.45, 2.75) is 12.6 Å². The van der Waals surface area contributed by atoms with Crippen molar-refractivity contribution in [3.63, 3.8) is 0 Å². The van der Waals surface area contributed by atoms with Gasteiger partial charge in [-0.2, -0.15) is 0 Å². The molecule has 0 saturated carbocycles. The molecular weight excluding hydrogens is 362 g/mol. The zero-order valence-corrected chi connectivity index (χ0v) is 15.2.